The number of aliphatic hydroxyl groups excluding tert-OH is 1. The third-order valence-electron chi connectivity index (χ3n) is 1.16. The third kappa shape index (κ3) is 2.45. The molecule has 1 N–H and O–H groups in total. The summed E-state index contributed by atoms with van der Waals surface area (Å²) >= 11 is 0. The molecular weight excluding hydrogens is 194 g/mol. The second kappa shape index (κ2) is 4.41. The highest BCUT2D eigenvalue weighted by Gasteiger charge is 1.87. The maximum Gasteiger partial charge on any atom is 0.0696 e. The molecule has 2 nitrogen and oxygen atoms in total. The fraction of sp³-hybridized carbons (Fsp3) is 0.286. The molecule has 0 aliphatic rings. The summed E-state index contributed by atoms with van der Waals surface area (Å²) in [7, 11) is 0. The topological polar surface area (TPSA) is 33.1 Å². The van der Waals surface area contributed by atoms with Crippen molar-refractivity contribution >= 4 is 17.0 Å². The summed E-state index contributed by atoms with van der Waals surface area (Å²) in [6.45, 7) is 1.99. The van der Waals surface area contributed by atoms with E-state index in [0.29, 0.717) is 0 Å². The maximum atomic E-state index is 8.59. The Bertz CT molecular complexity index is 185. The van der Waals surface area contributed by atoms with Gasteiger partial charge in [0, 0.05) is 11.9 Å². The number of rotatable bonds is 1. The van der Waals surface area contributed by atoms with Crippen LogP contribution in [0.5, 0.6) is 0 Å². The van der Waals surface area contributed by atoms with Crippen molar-refractivity contribution in [3.05, 3.63) is 29.6 Å². The van der Waals surface area contributed by atoms with Crippen LogP contribution < -0.4 is 0 Å². The predicted octanol–water partition coefficient (Wildman–Crippen LogP) is 1.46. The third-order valence-corrected chi connectivity index (χ3v) is 1.16. The van der Waals surface area contributed by atoms with Gasteiger partial charge in [0.2, 0.25) is 0 Å². The van der Waals surface area contributed by atoms with Crippen molar-refractivity contribution in [2.45, 2.75) is 13.5 Å². The molecule has 0 aromatic carbocycles. The minimum absolute atomic E-state index is 0. The van der Waals surface area contributed by atoms with Crippen molar-refractivity contribution < 1.29 is 5.11 Å². The highest BCUT2D eigenvalue weighted by atomic mass is 79.9. The lowest BCUT2D eigenvalue weighted by Crippen LogP contribution is -1.85. The van der Waals surface area contributed by atoms with Crippen molar-refractivity contribution in [1.29, 1.82) is 0 Å². The molecule has 0 radical (unpaired) electrons. The van der Waals surface area contributed by atoms with Crippen LogP contribution in [-0.2, 0) is 6.61 Å². The molecule has 56 valence electrons. The predicted molar refractivity (Wildman–Crippen MR) is 45.2 cm³/mol. The first kappa shape index (κ1) is 9.59. The smallest absolute Gasteiger partial charge is 0.0696 e. The second-order valence-electron chi connectivity index (χ2n) is 1.97. The first-order chi connectivity index (χ1) is 4.33. The number of nitrogens with zero attached hydrogens (tertiary/aromatic N) is 1. The van der Waals surface area contributed by atoms with E-state index in [1.165, 1.54) is 0 Å². The van der Waals surface area contributed by atoms with Crippen LogP contribution in [0.4, 0.5) is 0 Å². The largest absolute Gasteiger partial charge is 0.392 e. The lowest BCUT2D eigenvalue weighted by atomic mass is 10.3. The molecule has 1 aromatic heterocycles. The maximum absolute atomic E-state index is 8.59. The Morgan fingerprint density at radius 1 is 1.50 bits per heavy atom. The van der Waals surface area contributed by atoms with E-state index in [1.807, 2.05) is 19.1 Å². The van der Waals surface area contributed by atoms with Crippen LogP contribution in [0.1, 0.15) is 11.3 Å². The molecule has 0 atom stereocenters. The van der Waals surface area contributed by atoms with Gasteiger partial charge in [-0.25, -0.2) is 0 Å². The summed E-state index contributed by atoms with van der Waals surface area (Å²) in [5, 5.41) is 8.59. The first-order valence-corrected chi connectivity index (χ1v) is 2.85. The molecule has 0 bridgehead atoms. The SMILES string of the molecule is Br.Cc1ccc(CO)cn1. The Kier molecular flexibility index (Phi) is 4.23. The molecule has 0 amide bonds. The molecule has 0 saturated carbocycles. The molecule has 1 aromatic rings. The number of pyridine rings is 1. The highest BCUT2D eigenvalue weighted by molar-refractivity contribution is 8.93. The van der Waals surface area contributed by atoms with E-state index in [2.05, 4.69) is 4.98 Å². The molecule has 0 aliphatic carbocycles. The fourth-order valence-electron chi connectivity index (χ4n) is 0.592. The standard InChI is InChI=1S/C7H9NO.BrH/c1-6-2-3-7(5-9)4-8-6;/h2-4,9H,5H2,1H3;1H. The second-order valence-corrected chi connectivity index (χ2v) is 1.97. The van der Waals surface area contributed by atoms with Crippen molar-refractivity contribution in [2.24, 2.45) is 0 Å². The van der Waals surface area contributed by atoms with Gasteiger partial charge in [-0.1, -0.05) is 6.07 Å². The van der Waals surface area contributed by atoms with Crippen LogP contribution in [0, 0.1) is 6.92 Å². The zero-order valence-electron chi connectivity index (χ0n) is 5.74. The number of hydrogen-bond donors (Lipinski definition) is 1. The molecule has 0 fully saturated rings. The van der Waals surface area contributed by atoms with Crippen LogP contribution >= 0.6 is 17.0 Å². The number of hydrogen-bond acceptors (Lipinski definition) is 2. The van der Waals surface area contributed by atoms with Crippen molar-refractivity contribution in [2.75, 3.05) is 0 Å². The molecule has 3 heteroatoms. The number of aryl methyl sites for hydroxylation is 1. The number of aromatic nitrogens is 1. The summed E-state index contributed by atoms with van der Waals surface area (Å²) in [5.41, 5.74) is 1.84. The van der Waals surface area contributed by atoms with Crippen molar-refractivity contribution in [3.63, 3.8) is 0 Å². The van der Waals surface area contributed by atoms with Gasteiger partial charge in [-0.3, -0.25) is 4.98 Å². The Hall–Kier alpha value is -0.410. The minimum Gasteiger partial charge on any atom is -0.392 e. The van der Waals surface area contributed by atoms with Gasteiger partial charge in [0.25, 0.3) is 0 Å². The summed E-state index contributed by atoms with van der Waals surface area (Å²) in [4.78, 5) is 3.99. The van der Waals surface area contributed by atoms with Gasteiger partial charge >= 0.3 is 0 Å². The van der Waals surface area contributed by atoms with Gasteiger partial charge in [0.1, 0.15) is 0 Å². The molecule has 1 heterocycles. The van der Waals surface area contributed by atoms with E-state index in [9.17, 15) is 0 Å². The highest BCUT2D eigenvalue weighted by Crippen LogP contribution is 1.97. The van der Waals surface area contributed by atoms with Gasteiger partial charge in [0.05, 0.1) is 6.61 Å². The molecule has 0 spiro atoms. The minimum atomic E-state index is 0. The fourth-order valence-corrected chi connectivity index (χ4v) is 0.592. The zero-order chi connectivity index (χ0) is 6.69. The monoisotopic (exact) mass is 203 g/mol. The Labute approximate surface area is 70.7 Å². The van der Waals surface area contributed by atoms with Crippen molar-refractivity contribution in [3.8, 4) is 0 Å². The van der Waals surface area contributed by atoms with E-state index >= 15 is 0 Å². The average Bonchev–Trinajstić information content (AvgIpc) is 1.90. The van der Waals surface area contributed by atoms with Crippen LogP contribution in [0.2, 0.25) is 0 Å². The van der Waals surface area contributed by atoms with E-state index in [4.69, 9.17) is 5.11 Å². The van der Waals surface area contributed by atoms with E-state index in [1.54, 1.807) is 6.20 Å². The Balaban J connectivity index is 0.000000810. The number of aliphatic hydroxyl groups is 1. The number of halogens is 1. The lowest BCUT2D eigenvalue weighted by Gasteiger charge is -1.93. The molecule has 10 heavy (non-hydrogen) atoms. The molecule has 1 rings (SSSR count). The summed E-state index contributed by atoms with van der Waals surface area (Å²) in [6, 6.07) is 3.74. The van der Waals surface area contributed by atoms with Crippen LogP contribution in [0.25, 0.3) is 0 Å². The van der Waals surface area contributed by atoms with Gasteiger partial charge in [-0.15, -0.1) is 17.0 Å². The molecular formula is C7H10BrNO. The van der Waals surface area contributed by atoms with E-state index < -0.39 is 0 Å². The molecule has 0 unspecified atom stereocenters. The summed E-state index contributed by atoms with van der Waals surface area (Å²) in [6.07, 6.45) is 1.68. The van der Waals surface area contributed by atoms with Gasteiger partial charge in [0.15, 0.2) is 0 Å². The first-order valence-electron chi connectivity index (χ1n) is 2.85. The van der Waals surface area contributed by atoms with Gasteiger partial charge in [-0.2, -0.15) is 0 Å². The summed E-state index contributed by atoms with van der Waals surface area (Å²) < 4.78 is 0. The molecule has 0 saturated heterocycles. The molecule has 0 aliphatic heterocycles. The normalized spacial score (nSPS) is 8.60. The van der Waals surface area contributed by atoms with Gasteiger partial charge in [-0.05, 0) is 18.6 Å². The van der Waals surface area contributed by atoms with Crippen LogP contribution in [0.15, 0.2) is 18.3 Å². The van der Waals surface area contributed by atoms with Gasteiger partial charge < -0.3 is 5.11 Å². The van der Waals surface area contributed by atoms with Crippen LogP contribution in [-0.4, -0.2) is 10.1 Å². The Morgan fingerprint density at radius 2 is 2.20 bits per heavy atom. The Morgan fingerprint density at radius 3 is 2.60 bits per heavy atom. The van der Waals surface area contributed by atoms with Crippen LogP contribution in [0.3, 0.4) is 0 Å². The average molecular weight is 204 g/mol. The van der Waals surface area contributed by atoms with E-state index in [0.717, 1.165) is 11.3 Å². The summed E-state index contributed by atoms with van der Waals surface area (Å²) in [5.74, 6) is 0. The van der Waals surface area contributed by atoms with Crippen molar-refractivity contribution in [1.82, 2.24) is 4.98 Å². The zero-order valence-corrected chi connectivity index (χ0v) is 7.45. The van der Waals surface area contributed by atoms with E-state index in [-0.39, 0.29) is 23.6 Å². The lowest BCUT2D eigenvalue weighted by molar-refractivity contribution is 0.281. The quantitative estimate of drug-likeness (QED) is 0.751.